The third-order valence-corrected chi connectivity index (χ3v) is 6.01. The lowest BCUT2D eigenvalue weighted by Gasteiger charge is -2.18. The minimum Gasteiger partial charge on any atom is -0.325 e. The molecule has 0 saturated heterocycles. The lowest BCUT2D eigenvalue weighted by atomic mass is 10.1. The maximum Gasteiger partial charge on any atom is 0.243 e. The molecule has 0 fully saturated rings. The van der Waals surface area contributed by atoms with Crippen molar-refractivity contribution in [3.8, 4) is 0 Å². The van der Waals surface area contributed by atoms with Gasteiger partial charge in [-0.25, -0.2) is 8.42 Å². The number of carbonyl (C=O) groups excluding carboxylic acids is 1. The number of likely N-dealkylation sites (N-methyl/N-ethyl adjacent to an activating group) is 1. The zero-order valence-electron chi connectivity index (χ0n) is 14.0. The molecule has 0 radical (unpaired) electrons. The summed E-state index contributed by atoms with van der Waals surface area (Å²) in [5, 5.41) is 3.15. The Kier molecular flexibility index (Phi) is 6.11. The average molecular weight is 401 g/mol. The summed E-state index contributed by atoms with van der Waals surface area (Å²) in [5.74, 6) is -0.437. The van der Waals surface area contributed by atoms with Crippen LogP contribution in [0.25, 0.3) is 0 Å². The van der Waals surface area contributed by atoms with Crippen LogP contribution in [-0.2, 0) is 14.8 Å². The zero-order chi connectivity index (χ0) is 18.8. The van der Waals surface area contributed by atoms with Gasteiger partial charge in [-0.05, 0) is 49.2 Å². The Morgan fingerprint density at radius 3 is 2.32 bits per heavy atom. The van der Waals surface area contributed by atoms with Crippen LogP contribution in [0.2, 0.25) is 10.0 Å². The topological polar surface area (TPSA) is 66.5 Å². The van der Waals surface area contributed by atoms with Gasteiger partial charge in [0.2, 0.25) is 15.9 Å². The molecule has 0 aromatic heterocycles. The standard InChI is InChI=1S/C17H18Cl2N2O3S/c1-11-5-4-6-16(12(11)2)20-17(22)10-21(3)25(23,24)15-8-13(18)7-14(19)9-15/h4-9H,10H2,1-3H3,(H,20,22). The van der Waals surface area contributed by atoms with E-state index in [1.807, 2.05) is 26.0 Å². The normalized spacial score (nSPS) is 11.6. The third-order valence-electron chi connectivity index (χ3n) is 3.79. The van der Waals surface area contributed by atoms with Crippen LogP contribution in [0.3, 0.4) is 0 Å². The van der Waals surface area contributed by atoms with Crippen LogP contribution in [0.1, 0.15) is 11.1 Å². The second kappa shape index (κ2) is 7.74. The number of nitrogens with one attached hydrogen (secondary N) is 1. The molecule has 0 unspecified atom stereocenters. The van der Waals surface area contributed by atoms with Crippen molar-refractivity contribution < 1.29 is 13.2 Å². The molecular formula is C17H18Cl2N2O3S. The molecule has 0 aliphatic rings. The number of sulfonamides is 1. The predicted octanol–water partition coefficient (Wildman–Crippen LogP) is 3.87. The van der Waals surface area contributed by atoms with Gasteiger partial charge in [-0.3, -0.25) is 4.79 Å². The first-order valence-electron chi connectivity index (χ1n) is 7.40. The Morgan fingerprint density at radius 2 is 1.72 bits per heavy atom. The molecule has 0 spiro atoms. The van der Waals surface area contributed by atoms with E-state index in [-0.39, 0.29) is 21.5 Å². The molecular weight excluding hydrogens is 383 g/mol. The number of anilines is 1. The molecule has 0 aliphatic heterocycles. The molecule has 2 aromatic rings. The van der Waals surface area contributed by atoms with Crippen molar-refractivity contribution in [2.24, 2.45) is 0 Å². The third kappa shape index (κ3) is 4.73. The van der Waals surface area contributed by atoms with Crippen LogP contribution in [0.5, 0.6) is 0 Å². The Hall–Kier alpha value is -1.60. The van der Waals surface area contributed by atoms with E-state index in [1.165, 1.54) is 25.2 Å². The van der Waals surface area contributed by atoms with Gasteiger partial charge in [0, 0.05) is 22.8 Å². The van der Waals surface area contributed by atoms with E-state index in [4.69, 9.17) is 23.2 Å². The summed E-state index contributed by atoms with van der Waals surface area (Å²) in [5.41, 5.74) is 2.62. The van der Waals surface area contributed by atoms with Crippen molar-refractivity contribution >= 4 is 44.8 Å². The van der Waals surface area contributed by atoms with Gasteiger partial charge >= 0.3 is 0 Å². The fraction of sp³-hybridized carbons (Fsp3) is 0.235. The quantitative estimate of drug-likeness (QED) is 0.827. The molecule has 0 aliphatic carbocycles. The summed E-state index contributed by atoms with van der Waals surface area (Å²) in [6, 6.07) is 9.56. The fourth-order valence-corrected chi connectivity index (χ4v) is 4.08. The number of carbonyl (C=O) groups is 1. The summed E-state index contributed by atoms with van der Waals surface area (Å²) >= 11 is 11.7. The van der Waals surface area contributed by atoms with Gasteiger partial charge in [-0.2, -0.15) is 4.31 Å². The van der Waals surface area contributed by atoms with E-state index < -0.39 is 15.9 Å². The van der Waals surface area contributed by atoms with Gasteiger partial charge in [-0.15, -0.1) is 0 Å². The molecule has 8 heteroatoms. The molecule has 5 nitrogen and oxygen atoms in total. The highest BCUT2D eigenvalue weighted by Crippen LogP contribution is 2.24. The van der Waals surface area contributed by atoms with E-state index in [2.05, 4.69) is 5.32 Å². The number of aryl methyl sites for hydroxylation is 1. The van der Waals surface area contributed by atoms with Crippen LogP contribution in [0.15, 0.2) is 41.3 Å². The van der Waals surface area contributed by atoms with Gasteiger partial charge in [0.25, 0.3) is 0 Å². The van der Waals surface area contributed by atoms with Crippen molar-refractivity contribution in [3.05, 3.63) is 57.6 Å². The molecule has 2 rings (SSSR count). The molecule has 0 atom stereocenters. The summed E-state index contributed by atoms with van der Waals surface area (Å²) in [7, 11) is -2.56. The number of halogens is 2. The van der Waals surface area contributed by atoms with E-state index in [0.717, 1.165) is 15.4 Å². The van der Waals surface area contributed by atoms with Crippen molar-refractivity contribution in [1.29, 1.82) is 0 Å². The number of amides is 1. The highest BCUT2D eigenvalue weighted by atomic mass is 35.5. The second-order valence-corrected chi connectivity index (χ2v) is 8.58. The largest absolute Gasteiger partial charge is 0.325 e. The summed E-state index contributed by atoms with van der Waals surface area (Å²) in [6.07, 6.45) is 0. The maximum absolute atomic E-state index is 12.6. The number of nitrogens with zero attached hydrogens (tertiary/aromatic N) is 1. The van der Waals surface area contributed by atoms with Crippen LogP contribution in [0.4, 0.5) is 5.69 Å². The zero-order valence-corrected chi connectivity index (χ0v) is 16.3. The van der Waals surface area contributed by atoms with Crippen molar-refractivity contribution in [1.82, 2.24) is 4.31 Å². The molecule has 0 heterocycles. The minimum absolute atomic E-state index is 0.0629. The van der Waals surface area contributed by atoms with Gasteiger partial charge in [-0.1, -0.05) is 35.3 Å². The molecule has 25 heavy (non-hydrogen) atoms. The highest BCUT2D eigenvalue weighted by molar-refractivity contribution is 7.89. The molecule has 1 N–H and O–H groups in total. The van der Waals surface area contributed by atoms with Gasteiger partial charge < -0.3 is 5.32 Å². The number of hydrogen-bond acceptors (Lipinski definition) is 3. The Bertz CT molecular complexity index is 894. The predicted molar refractivity (Wildman–Crippen MR) is 101 cm³/mol. The van der Waals surface area contributed by atoms with Crippen molar-refractivity contribution in [2.75, 3.05) is 18.9 Å². The number of hydrogen-bond donors (Lipinski definition) is 1. The summed E-state index contributed by atoms with van der Waals surface area (Å²) in [6.45, 7) is 3.49. The summed E-state index contributed by atoms with van der Waals surface area (Å²) < 4.78 is 26.1. The van der Waals surface area contributed by atoms with Crippen LogP contribution < -0.4 is 5.32 Å². The van der Waals surface area contributed by atoms with E-state index in [9.17, 15) is 13.2 Å². The number of rotatable bonds is 5. The van der Waals surface area contributed by atoms with Crippen LogP contribution >= 0.6 is 23.2 Å². The fourth-order valence-electron chi connectivity index (χ4n) is 2.22. The molecule has 2 aromatic carbocycles. The average Bonchev–Trinajstić information content (AvgIpc) is 2.50. The van der Waals surface area contributed by atoms with Gasteiger partial charge in [0.1, 0.15) is 0 Å². The maximum atomic E-state index is 12.6. The number of benzene rings is 2. The SMILES string of the molecule is Cc1cccc(NC(=O)CN(C)S(=O)(=O)c2cc(Cl)cc(Cl)c2)c1C. The van der Waals surface area contributed by atoms with E-state index in [0.29, 0.717) is 5.69 Å². The minimum atomic E-state index is -3.89. The molecule has 0 saturated carbocycles. The molecule has 0 bridgehead atoms. The van der Waals surface area contributed by atoms with Crippen molar-refractivity contribution in [3.63, 3.8) is 0 Å². The Labute approximate surface area is 157 Å². The molecule has 134 valence electrons. The van der Waals surface area contributed by atoms with E-state index in [1.54, 1.807) is 6.07 Å². The first-order valence-corrected chi connectivity index (χ1v) is 9.59. The highest BCUT2D eigenvalue weighted by Gasteiger charge is 2.24. The second-order valence-electron chi connectivity index (χ2n) is 5.66. The van der Waals surface area contributed by atoms with Crippen LogP contribution in [-0.4, -0.2) is 32.2 Å². The monoisotopic (exact) mass is 400 g/mol. The van der Waals surface area contributed by atoms with Crippen LogP contribution in [0, 0.1) is 13.8 Å². The van der Waals surface area contributed by atoms with Gasteiger partial charge in [0.05, 0.1) is 11.4 Å². The van der Waals surface area contributed by atoms with Crippen molar-refractivity contribution in [2.45, 2.75) is 18.7 Å². The first kappa shape index (κ1) is 19.7. The van der Waals surface area contributed by atoms with Gasteiger partial charge in [0.15, 0.2) is 0 Å². The lowest BCUT2D eigenvalue weighted by Crippen LogP contribution is -2.35. The Balaban J connectivity index is 2.16. The summed E-state index contributed by atoms with van der Waals surface area (Å²) in [4.78, 5) is 12.2. The smallest absolute Gasteiger partial charge is 0.243 e. The Morgan fingerprint density at radius 1 is 1.12 bits per heavy atom. The molecule has 1 amide bonds. The van der Waals surface area contributed by atoms with E-state index >= 15 is 0 Å². The lowest BCUT2D eigenvalue weighted by molar-refractivity contribution is -0.116. The first-order chi connectivity index (χ1) is 11.6.